The summed E-state index contributed by atoms with van der Waals surface area (Å²) in [5.41, 5.74) is 2.75. The third-order valence-electron chi connectivity index (χ3n) is 3.69. The number of hydrogen-bond acceptors (Lipinski definition) is 3. The van der Waals surface area contributed by atoms with Gasteiger partial charge in [0, 0.05) is 18.0 Å². The number of methoxy groups -OCH3 is 1. The molecule has 23 heavy (non-hydrogen) atoms. The second kappa shape index (κ2) is 6.92. The highest BCUT2D eigenvalue weighted by Crippen LogP contribution is 2.21. The van der Waals surface area contributed by atoms with Crippen molar-refractivity contribution >= 4 is 22.5 Å². The van der Waals surface area contributed by atoms with Crippen LogP contribution < -0.4 is 10.1 Å². The number of aryl methyl sites for hydroxylation is 1. The van der Waals surface area contributed by atoms with Crippen molar-refractivity contribution in [2.45, 2.75) is 12.8 Å². The summed E-state index contributed by atoms with van der Waals surface area (Å²) in [5.74, 6) is 0.798. The molecule has 0 unspecified atom stereocenters. The maximum atomic E-state index is 12.2. The number of carbonyl (C=O) groups excluding carboxylic acids is 1. The summed E-state index contributed by atoms with van der Waals surface area (Å²) in [4.78, 5) is 16.5. The van der Waals surface area contributed by atoms with Crippen LogP contribution in [0.25, 0.3) is 10.9 Å². The first-order chi connectivity index (χ1) is 11.3. The van der Waals surface area contributed by atoms with E-state index < -0.39 is 0 Å². The molecule has 0 aliphatic heterocycles. The number of ether oxygens (including phenoxy) is 1. The molecule has 4 nitrogen and oxygen atoms in total. The van der Waals surface area contributed by atoms with Crippen LogP contribution >= 0.6 is 0 Å². The molecule has 3 rings (SSSR count). The number of nitrogens with one attached hydrogen (secondary N) is 1. The van der Waals surface area contributed by atoms with Gasteiger partial charge in [-0.25, -0.2) is 0 Å². The highest BCUT2D eigenvalue weighted by molar-refractivity contribution is 6.00. The Morgan fingerprint density at radius 1 is 1.13 bits per heavy atom. The van der Waals surface area contributed by atoms with Gasteiger partial charge >= 0.3 is 0 Å². The van der Waals surface area contributed by atoms with Crippen molar-refractivity contribution in [3.63, 3.8) is 0 Å². The van der Waals surface area contributed by atoms with Gasteiger partial charge in [-0.05, 0) is 48.4 Å². The number of fused-ring (bicyclic) bond motifs is 1. The first-order valence-electron chi connectivity index (χ1n) is 7.53. The molecule has 0 spiro atoms. The average Bonchev–Trinajstić information content (AvgIpc) is 2.60. The van der Waals surface area contributed by atoms with Gasteiger partial charge in [0.2, 0.25) is 5.91 Å². The summed E-state index contributed by atoms with van der Waals surface area (Å²) in [6, 6.07) is 17.3. The van der Waals surface area contributed by atoms with Crippen molar-refractivity contribution in [1.29, 1.82) is 0 Å². The SMILES string of the molecule is COc1cccc(CCC(=O)Nc2cccc3ncccc23)c1. The number of rotatable bonds is 5. The fraction of sp³-hybridized carbons (Fsp3) is 0.158. The lowest BCUT2D eigenvalue weighted by Gasteiger charge is -2.09. The maximum absolute atomic E-state index is 12.2. The minimum atomic E-state index is -0.0100. The lowest BCUT2D eigenvalue weighted by atomic mass is 10.1. The van der Waals surface area contributed by atoms with Crippen molar-refractivity contribution in [2.75, 3.05) is 12.4 Å². The molecule has 4 heteroatoms. The van der Waals surface area contributed by atoms with Gasteiger partial charge in [0.05, 0.1) is 18.3 Å². The standard InChI is InChI=1S/C19H18N2O2/c1-23-15-6-2-5-14(13-15)10-11-19(22)21-18-9-3-8-17-16(18)7-4-12-20-17/h2-9,12-13H,10-11H2,1H3,(H,21,22). The fourth-order valence-electron chi connectivity index (χ4n) is 2.51. The minimum absolute atomic E-state index is 0.0100. The Hall–Kier alpha value is -2.88. The van der Waals surface area contributed by atoms with Crippen molar-refractivity contribution in [3.05, 3.63) is 66.4 Å². The van der Waals surface area contributed by atoms with Crippen LogP contribution in [-0.2, 0) is 11.2 Å². The van der Waals surface area contributed by atoms with Gasteiger partial charge in [-0.3, -0.25) is 9.78 Å². The number of pyridine rings is 1. The number of benzene rings is 2. The molecule has 0 aliphatic carbocycles. The normalized spacial score (nSPS) is 10.5. The fourth-order valence-corrected chi connectivity index (χ4v) is 2.51. The molecular formula is C19H18N2O2. The molecule has 0 aliphatic rings. The molecule has 0 saturated heterocycles. The van der Waals surface area contributed by atoms with Gasteiger partial charge in [-0.1, -0.05) is 18.2 Å². The summed E-state index contributed by atoms with van der Waals surface area (Å²) >= 11 is 0. The minimum Gasteiger partial charge on any atom is -0.497 e. The largest absolute Gasteiger partial charge is 0.497 e. The second-order valence-corrected chi connectivity index (χ2v) is 5.28. The molecule has 0 atom stereocenters. The molecular weight excluding hydrogens is 288 g/mol. The Morgan fingerprint density at radius 3 is 2.87 bits per heavy atom. The van der Waals surface area contributed by atoms with Crippen molar-refractivity contribution in [3.8, 4) is 5.75 Å². The number of nitrogens with zero attached hydrogens (tertiary/aromatic N) is 1. The molecule has 3 aromatic rings. The Labute approximate surface area is 135 Å². The van der Waals surface area contributed by atoms with E-state index in [1.54, 1.807) is 13.3 Å². The zero-order chi connectivity index (χ0) is 16.1. The number of carbonyl (C=O) groups is 1. The van der Waals surface area contributed by atoms with Crippen molar-refractivity contribution in [1.82, 2.24) is 4.98 Å². The van der Waals surface area contributed by atoms with E-state index in [-0.39, 0.29) is 5.91 Å². The predicted molar refractivity (Wildman–Crippen MR) is 91.7 cm³/mol. The molecule has 0 fully saturated rings. The van der Waals surface area contributed by atoms with Gasteiger partial charge in [-0.2, -0.15) is 0 Å². The first-order valence-corrected chi connectivity index (χ1v) is 7.53. The van der Waals surface area contributed by atoms with Gasteiger partial charge in [-0.15, -0.1) is 0 Å². The van der Waals surface area contributed by atoms with Crippen LogP contribution in [0.15, 0.2) is 60.8 Å². The Balaban J connectivity index is 1.67. The van der Waals surface area contributed by atoms with Gasteiger partial charge < -0.3 is 10.1 Å². The van der Waals surface area contributed by atoms with Crippen molar-refractivity contribution < 1.29 is 9.53 Å². The van der Waals surface area contributed by atoms with E-state index in [4.69, 9.17) is 4.74 Å². The molecule has 1 amide bonds. The first kappa shape index (κ1) is 15.0. The lowest BCUT2D eigenvalue weighted by molar-refractivity contribution is -0.116. The number of aromatic nitrogens is 1. The summed E-state index contributed by atoms with van der Waals surface area (Å²) < 4.78 is 5.20. The molecule has 116 valence electrons. The smallest absolute Gasteiger partial charge is 0.224 e. The predicted octanol–water partition coefficient (Wildman–Crippen LogP) is 3.81. The van der Waals surface area contributed by atoms with Crippen LogP contribution in [0.2, 0.25) is 0 Å². The highest BCUT2D eigenvalue weighted by atomic mass is 16.5. The van der Waals surface area contributed by atoms with E-state index in [2.05, 4.69) is 10.3 Å². The van der Waals surface area contributed by atoms with Crippen LogP contribution in [0.1, 0.15) is 12.0 Å². The maximum Gasteiger partial charge on any atom is 0.224 e. The zero-order valence-electron chi connectivity index (χ0n) is 13.0. The lowest BCUT2D eigenvalue weighted by Crippen LogP contribution is -2.12. The average molecular weight is 306 g/mol. The Kier molecular flexibility index (Phi) is 4.52. The van der Waals surface area contributed by atoms with E-state index in [1.165, 1.54) is 0 Å². The molecule has 2 aromatic carbocycles. The van der Waals surface area contributed by atoms with Gasteiger partial charge in [0.15, 0.2) is 0 Å². The zero-order valence-corrected chi connectivity index (χ0v) is 13.0. The molecule has 1 heterocycles. The second-order valence-electron chi connectivity index (χ2n) is 5.28. The molecule has 0 bridgehead atoms. The van der Waals surface area contributed by atoms with E-state index in [9.17, 15) is 4.79 Å². The van der Waals surface area contributed by atoms with Crippen LogP contribution in [0.4, 0.5) is 5.69 Å². The van der Waals surface area contributed by atoms with E-state index in [1.807, 2.05) is 54.6 Å². The van der Waals surface area contributed by atoms with Gasteiger partial charge in [0.1, 0.15) is 5.75 Å². The third-order valence-corrected chi connectivity index (χ3v) is 3.69. The Morgan fingerprint density at radius 2 is 2.00 bits per heavy atom. The van der Waals surface area contributed by atoms with Crippen LogP contribution in [0.3, 0.4) is 0 Å². The molecule has 0 saturated carbocycles. The summed E-state index contributed by atoms with van der Waals surface area (Å²) in [5, 5.41) is 3.92. The van der Waals surface area contributed by atoms with Crippen LogP contribution in [0, 0.1) is 0 Å². The number of amides is 1. The summed E-state index contributed by atoms with van der Waals surface area (Å²) in [7, 11) is 1.64. The molecule has 1 N–H and O–H groups in total. The highest BCUT2D eigenvalue weighted by Gasteiger charge is 2.07. The Bertz CT molecular complexity index is 825. The quantitative estimate of drug-likeness (QED) is 0.779. The van der Waals surface area contributed by atoms with E-state index >= 15 is 0 Å². The van der Waals surface area contributed by atoms with Crippen LogP contribution in [0.5, 0.6) is 5.75 Å². The van der Waals surface area contributed by atoms with E-state index in [0.717, 1.165) is 27.9 Å². The monoisotopic (exact) mass is 306 g/mol. The third kappa shape index (κ3) is 3.66. The van der Waals surface area contributed by atoms with Crippen molar-refractivity contribution in [2.24, 2.45) is 0 Å². The number of hydrogen-bond donors (Lipinski definition) is 1. The van der Waals surface area contributed by atoms with Crippen LogP contribution in [-0.4, -0.2) is 18.0 Å². The molecule has 1 aromatic heterocycles. The summed E-state index contributed by atoms with van der Waals surface area (Å²) in [6.07, 6.45) is 2.84. The van der Waals surface area contributed by atoms with E-state index in [0.29, 0.717) is 12.8 Å². The summed E-state index contributed by atoms with van der Waals surface area (Å²) in [6.45, 7) is 0. The number of anilines is 1. The molecule has 0 radical (unpaired) electrons. The topological polar surface area (TPSA) is 51.2 Å². The van der Waals surface area contributed by atoms with Gasteiger partial charge in [0.25, 0.3) is 0 Å².